The third-order valence-electron chi connectivity index (χ3n) is 1.15. The van der Waals surface area contributed by atoms with Crippen molar-refractivity contribution in [2.45, 2.75) is 6.92 Å². The third-order valence-corrected chi connectivity index (χ3v) is 1.15. The van der Waals surface area contributed by atoms with E-state index in [0.717, 1.165) is 5.82 Å². The van der Waals surface area contributed by atoms with E-state index in [9.17, 15) is 0 Å². The first kappa shape index (κ1) is 5.28. The Morgan fingerprint density at radius 3 is 2.50 bits per heavy atom. The maximum absolute atomic E-state index is 4.09. The van der Waals surface area contributed by atoms with Crippen LogP contribution in [-0.4, -0.2) is 9.78 Å². The highest BCUT2D eigenvalue weighted by Gasteiger charge is 2.01. The zero-order valence-electron chi connectivity index (χ0n) is 5.42. The van der Waals surface area contributed by atoms with Gasteiger partial charge in [-0.2, -0.15) is 0 Å². The van der Waals surface area contributed by atoms with Crippen LogP contribution in [-0.2, 0) is 14.1 Å². The predicted octanol–water partition coefficient (Wildman–Crippen LogP) is -0.447. The summed E-state index contributed by atoms with van der Waals surface area (Å²) in [4.78, 5) is 0. The molecule has 0 spiro atoms. The van der Waals surface area contributed by atoms with Gasteiger partial charge in [-0.25, -0.2) is 4.57 Å². The average molecular weight is 112 g/mol. The zero-order valence-corrected chi connectivity index (χ0v) is 5.42. The van der Waals surface area contributed by atoms with Gasteiger partial charge in [0.15, 0.2) is 0 Å². The Morgan fingerprint density at radius 2 is 2.38 bits per heavy atom. The Balaban J connectivity index is 3.14. The van der Waals surface area contributed by atoms with Crippen molar-refractivity contribution in [2.75, 3.05) is 0 Å². The van der Waals surface area contributed by atoms with Crippen LogP contribution >= 0.6 is 0 Å². The summed E-state index contributed by atoms with van der Waals surface area (Å²) in [7, 11) is 3.88. The van der Waals surface area contributed by atoms with E-state index in [1.54, 1.807) is 4.68 Å². The number of aryl methyl sites for hydroxylation is 3. The fourth-order valence-corrected chi connectivity index (χ4v) is 0.659. The third kappa shape index (κ3) is 0.710. The molecule has 0 aliphatic heterocycles. The second-order valence-corrected chi connectivity index (χ2v) is 1.95. The quantitative estimate of drug-likeness (QED) is 0.417. The second-order valence-electron chi connectivity index (χ2n) is 1.95. The minimum atomic E-state index is 1.03. The van der Waals surface area contributed by atoms with Gasteiger partial charge >= 0.3 is 0 Å². The molecule has 8 heavy (non-hydrogen) atoms. The molecule has 1 aromatic heterocycles. The molecule has 0 aromatic carbocycles. The molecule has 0 saturated carbocycles. The van der Waals surface area contributed by atoms with Crippen LogP contribution in [0.5, 0.6) is 0 Å². The Kier molecular flexibility index (Phi) is 1.04. The summed E-state index contributed by atoms with van der Waals surface area (Å²) in [5, 5.41) is 4.09. The highest BCUT2D eigenvalue weighted by atomic mass is 15.3. The van der Waals surface area contributed by atoms with Gasteiger partial charge in [0.2, 0.25) is 6.33 Å². The molecule has 0 fully saturated rings. The van der Waals surface area contributed by atoms with Crippen LogP contribution in [0.15, 0.2) is 6.33 Å². The molecule has 1 rings (SSSR count). The van der Waals surface area contributed by atoms with Gasteiger partial charge in [0.25, 0.3) is 5.82 Å². The molecule has 0 unspecified atom stereocenters. The first-order valence-corrected chi connectivity index (χ1v) is 2.56. The molecular weight excluding hydrogens is 102 g/mol. The van der Waals surface area contributed by atoms with Gasteiger partial charge in [-0.05, 0) is 0 Å². The molecule has 44 valence electrons. The molecule has 1 heterocycles. The standard InChI is InChI=1S/C5H10N3/c1-5-6-8(3)4-7(5)2/h4H,1-3H3/q+1. The Bertz CT molecular complexity index is 170. The second kappa shape index (κ2) is 1.58. The van der Waals surface area contributed by atoms with Crippen molar-refractivity contribution < 1.29 is 4.57 Å². The van der Waals surface area contributed by atoms with Gasteiger partial charge in [-0.1, -0.05) is 0 Å². The topological polar surface area (TPSA) is 21.7 Å². The van der Waals surface area contributed by atoms with Gasteiger partial charge in [-0.15, -0.1) is 4.68 Å². The summed E-state index contributed by atoms with van der Waals surface area (Å²) < 4.78 is 3.76. The first-order valence-electron chi connectivity index (χ1n) is 2.56. The van der Waals surface area contributed by atoms with Crippen molar-refractivity contribution in [3.05, 3.63) is 12.2 Å². The number of hydrogen-bond donors (Lipinski definition) is 0. The molecule has 0 N–H and O–H groups in total. The fourth-order valence-electron chi connectivity index (χ4n) is 0.659. The summed E-state index contributed by atoms with van der Waals surface area (Å²) in [6.07, 6.45) is 1.93. The van der Waals surface area contributed by atoms with E-state index in [4.69, 9.17) is 0 Å². The average Bonchev–Trinajstić information content (AvgIpc) is 1.85. The smallest absolute Gasteiger partial charge is 0.238 e. The van der Waals surface area contributed by atoms with Crippen molar-refractivity contribution in [1.82, 2.24) is 9.78 Å². The van der Waals surface area contributed by atoms with Crippen LogP contribution < -0.4 is 4.57 Å². The van der Waals surface area contributed by atoms with Crippen LogP contribution in [0.2, 0.25) is 0 Å². The van der Waals surface area contributed by atoms with E-state index < -0.39 is 0 Å². The minimum absolute atomic E-state index is 1.03. The number of aromatic nitrogens is 3. The first-order chi connectivity index (χ1) is 3.70. The summed E-state index contributed by atoms with van der Waals surface area (Å²) in [5.41, 5.74) is 0. The van der Waals surface area contributed by atoms with Crippen molar-refractivity contribution in [2.24, 2.45) is 14.1 Å². The van der Waals surface area contributed by atoms with Crippen LogP contribution in [0.1, 0.15) is 5.82 Å². The lowest BCUT2D eigenvalue weighted by molar-refractivity contribution is -0.678. The molecule has 3 nitrogen and oxygen atoms in total. The van der Waals surface area contributed by atoms with Gasteiger partial charge in [0.1, 0.15) is 0 Å². The highest BCUT2D eigenvalue weighted by Crippen LogP contribution is 1.76. The lowest BCUT2D eigenvalue weighted by Crippen LogP contribution is -2.28. The van der Waals surface area contributed by atoms with Crippen LogP contribution in [0, 0.1) is 6.92 Å². The highest BCUT2D eigenvalue weighted by molar-refractivity contribution is 4.60. The monoisotopic (exact) mass is 112 g/mol. The molecule has 3 heteroatoms. The summed E-state index contributed by atoms with van der Waals surface area (Å²) in [5.74, 6) is 1.03. The van der Waals surface area contributed by atoms with Gasteiger partial charge in [0.05, 0.1) is 14.1 Å². The molecule has 0 bridgehead atoms. The maximum atomic E-state index is 4.09. The molecule has 0 saturated heterocycles. The van der Waals surface area contributed by atoms with E-state index in [2.05, 4.69) is 5.10 Å². The zero-order chi connectivity index (χ0) is 6.15. The van der Waals surface area contributed by atoms with Crippen LogP contribution in [0.3, 0.4) is 0 Å². The molecule has 0 aliphatic rings. The van der Waals surface area contributed by atoms with Crippen LogP contribution in [0.4, 0.5) is 0 Å². The Hall–Kier alpha value is -0.860. The Labute approximate surface area is 48.6 Å². The number of hydrogen-bond acceptors (Lipinski definition) is 1. The van der Waals surface area contributed by atoms with Crippen molar-refractivity contribution >= 4 is 0 Å². The summed E-state index contributed by atoms with van der Waals surface area (Å²) >= 11 is 0. The van der Waals surface area contributed by atoms with Crippen molar-refractivity contribution in [3.8, 4) is 0 Å². The number of rotatable bonds is 0. The molecule has 1 aromatic rings. The SMILES string of the molecule is Cc1nn(C)c[n+]1C. The van der Waals surface area contributed by atoms with E-state index in [1.807, 2.05) is 31.9 Å². The largest absolute Gasteiger partial charge is 0.274 e. The minimum Gasteiger partial charge on any atom is -0.238 e. The van der Waals surface area contributed by atoms with E-state index in [1.165, 1.54) is 0 Å². The van der Waals surface area contributed by atoms with E-state index in [-0.39, 0.29) is 0 Å². The molecular formula is C5H10N3+. The van der Waals surface area contributed by atoms with Crippen molar-refractivity contribution in [1.29, 1.82) is 0 Å². The lowest BCUT2D eigenvalue weighted by atomic mass is 10.7. The lowest BCUT2D eigenvalue weighted by Gasteiger charge is -1.75. The normalized spacial score (nSPS) is 9.88. The fraction of sp³-hybridized carbons (Fsp3) is 0.600. The van der Waals surface area contributed by atoms with Gasteiger partial charge in [-0.3, -0.25) is 0 Å². The Morgan fingerprint density at radius 1 is 1.75 bits per heavy atom. The predicted molar refractivity (Wildman–Crippen MR) is 29.1 cm³/mol. The molecule has 0 radical (unpaired) electrons. The summed E-state index contributed by atoms with van der Waals surface area (Å²) in [6.45, 7) is 1.97. The van der Waals surface area contributed by atoms with Gasteiger partial charge in [0, 0.05) is 12.0 Å². The van der Waals surface area contributed by atoms with E-state index in [0.29, 0.717) is 0 Å². The molecule has 0 atom stereocenters. The van der Waals surface area contributed by atoms with E-state index >= 15 is 0 Å². The van der Waals surface area contributed by atoms with Crippen molar-refractivity contribution in [3.63, 3.8) is 0 Å². The molecule has 0 amide bonds. The summed E-state index contributed by atoms with van der Waals surface area (Å²) in [6, 6.07) is 0. The van der Waals surface area contributed by atoms with Crippen LogP contribution in [0.25, 0.3) is 0 Å². The van der Waals surface area contributed by atoms with Gasteiger partial charge < -0.3 is 0 Å². The molecule has 0 aliphatic carbocycles. The number of nitrogens with zero attached hydrogens (tertiary/aromatic N) is 3. The maximum Gasteiger partial charge on any atom is 0.274 e.